The van der Waals surface area contributed by atoms with E-state index in [0.717, 1.165) is 6.54 Å². The first-order valence-electron chi connectivity index (χ1n) is 6.56. The van der Waals surface area contributed by atoms with Gasteiger partial charge in [-0.15, -0.1) is 5.10 Å². The van der Waals surface area contributed by atoms with Crippen molar-refractivity contribution in [2.24, 2.45) is 0 Å². The smallest absolute Gasteiger partial charge is 0.318 e. The number of thiophene rings is 1. The van der Waals surface area contributed by atoms with Crippen LogP contribution >= 0.6 is 11.3 Å². The van der Waals surface area contributed by atoms with E-state index >= 15 is 0 Å². The maximum atomic E-state index is 5.79. The van der Waals surface area contributed by atoms with Gasteiger partial charge in [0.15, 0.2) is 0 Å². The topological polar surface area (TPSA) is 54.2 Å². The number of nitrogens with one attached hydrogen (secondary N) is 1. The van der Waals surface area contributed by atoms with Crippen molar-refractivity contribution in [3.63, 3.8) is 0 Å². The predicted molar refractivity (Wildman–Crippen MR) is 75.3 cm³/mol. The fourth-order valence-electron chi connectivity index (χ4n) is 1.96. The van der Waals surface area contributed by atoms with Crippen LogP contribution in [0, 0.1) is 0 Å². The number of hydrogen-bond donors (Lipinski definition) is 1. The third kappa shape index (κ3) is 2.79. The summed E-state index contributed by atoms with van der Waals surface area (Å²) in [7, 11) is 1.89. The highest BCUT2D eigenvalue weighted by atomic mass is 32.1. The summed E-state index contributed by atoms with van der Waals surface area (Å²) in [5.74, 6) is 0.647. The molecule has 2 aromatic rings. The molecule has 1 fully saturated rings. The molecular formula is C13H18N4OS. The van der Waals surface area contributed by atoms with Crippen molar-refractivity contribution in [3.8, 4) is 0 Å². The number of anilines is 1. The quantitative estimate of drug-likeness (QED) is 0.880. The summed E-state index contributed by atoms with van der Waals surface area (Å²) in [5, 5.41) is 15.7. The van der Waals surface area contributed by atoms with Gasteiger partial charge in [-0.3, -0.25) is 0 Å². The molecule has 1 atom stereocenters. The minimum atomic E-state index is 0.0865. The molecule has 0 bridgehead atoms. The zero-order valence-electron chi connectivity index (χ0n) is 11.2. The van der Waals surface area contributed by atoms with Gasteiger partial charge >= 0.3 is 6.01 Å². The van der Waals surface area contributed by atoms with Crippen molar-refractivity contribution in [2.75, 3.05) is 11.9 Å². The van der Waals surface area contributed by atoms with Crippen LogP contribution < -0.4 is 10.2 Å². The molecule has 1 N–H and O–H groups in total. The van der Waals surface area contributed by atoms with E-state index in [0.29, 0.717) is 17.9 Å². The van der Waals surface area contributed by atoms with Crippen LogP contribution in [0.1, 0.15) is 37.3 Å². The Morgan fingerprint density at radius 3 is 3.00 bits per heavy atom. The standard InChI is InChI=1S/C13H18N4OS/c1-9(14-2)12-15-16-13(18-12)17(11-3-4-11)7-10-5-6-19-8-10/h5-6,8-9,11,14H,3-4,7H2,1-2H3. The summed E-state index contributed by atoms with van der Waals surface area (Å²) >= 11 is 1.72. The molecule has 0 radical (unpaired) electrons. The van der Waals surface area contributed by atoms with Gasteiger partial charge < -0.3 is 14.6 Å². The lowest BCUT2D eigenvalue weighted by Crippen LogP contribution is -2.25. The third-order valence-corrected chi connectivity index (χ3v) is 4.13. The molecule has 102 valence electrons. The molecule has 6 heteroatoms. The molecule has 5 nitrogen and oxygen atoms in total. The lowest BCUT2D eigenvalue weighted by molar-refractivity contribution is 0.427. The molecule has 0 aliphatic heterocycles. The summed E-state index contributed by atoms with van der Waals surface area (Å²) in [6.45, 7) is 2.86. The van der Waals surface area contributed by atoms with E-state index < -0.39 is 0 Å². The molecule has 1 aliphatic carbocycles. The SMILES string of the molecule is CNC(C)c1nnc(N(Cc2ccsc2)C2CC2)o1. The number of rotatable bonds is 6. The van der Waals surface area contributed by atoms with E-state index in [1.807, 2.05) is 14.0 Å². The van der Waals surface area contributed by atoms with E-state index in [1.54, 1.807) is 11.3 Å². The van der Waals surface area contributed by atoms with Crippen molar-refractivity contribution in [2.45, 2.75) is 38.4 Å². The summed E-state index contributed by atoms with van der Waals surface area (Å²) in [5.41, 5.74) is 1.30. The Morgan fingerprint density at radius 1 is 1.53 bits per heavy atom. The molecule has 1 unspecified atom stereocenters. The van der Waals surface area contributed by atoms with E-state index in [4.69, 9.17) is 4.42 Å². The van der Waals surface area contributed by atoms with Gasteiger partial charge in [0.25, 0.3) is 0 Å². The van der Waals surface area contributed by atoms with Crippen LogP contribution in [-0.4, -0.2) is 23.3 Å². The Hall–Kier alpha value is -1.40. The number of nitrogens with zero attached hydrogens (tertiary/aromatic N) is 3. The number of hydrogen-bond acceptors (Lipinski definition) is 6. The minimum Gasteiger partial charge on any atom is -0.406 e. The highest BCUT2D eigenvalue weighted by Crippen LogP contribution is 2.33. The van der Waals surface area contributed by atoms with Crippen LogP contribution in [0.2, 0.25) is 0 Å². The zero-order chi connectivity index (χ0) is 13.2. The van der Waals surface area contributed by atoms with Gasteiger partial charge in [0, 0.05) is 12.6 Å². The zero-order valence-corrected chi connectivity index (χ0v) is 12.0. The summed E-state index contributed by atoms with van der Waals surface area (Å²) in [4.78, 5) is 2.22. The van der Waals surface area contributed by atoms with Gasteiger partial charge in [0.05, 0.1) is 6.04 Å². The Labute approximate surface area is 116 Å². The highest BCUT2D eigenvalue weighted by molar-refractivity contribution is 7.07. The van der Waals surface area contributed by atoms with Crippen molar-refractivity contribution in [3.05, 3.63) is 28.3 Å². The van der Waals surface area contributed by atoms with E-state index in [9.17, 15) is 0 Å². The van der Waals surface area contributed by atoms with E-state index in [-0.39, 0.29) is 6.04 Å². The first-order valence-corrected chi connectivity index (χ1v) is 7.50. The van der Waals surface area contributed by atoms with Gasteiger partial charge in [-0.1, -0.05) is 5.10 Å². The van der Waals surface area contributed by atoms with Crippen LogP contribution in [0.5, 0.6) is 0 Å². The third-order valence-electron chi connectivity index (χ3n) is 3.40. The highest BCUT2D eigenvalue weighted by Gasteiger charge is 2.32. The molecule has 19 heavy (non-hydrogen) atoms. The minimum absolute atomic E-state index is 0.0865. The lowest BCUT2D eigenvalue weighted by atomic mass is 10.3. The van der Waals surface area contributed by atoms with Gasteiger partial charge in [-0.25, -0.2) is 0 Å². The molecule has 0 aromatic carbocycles. The molecule has 1 aliphatic rings. The summed E-state index contributed by atoms with van der Waals surface area (Å²) in [6.07, 6.45) is 2.42. The normalized spacial score (nSPS) is 16.5. The first-order chi connectivity index (χ1) is 9.28. The Balaban J connectivity index is 1.78. The average molecular weight is 278 g/mol. The Kier molecular flexibility index (Phi) is 3.52. The van der Waals surface area contributed by atoms with Gasteiger partial charge in [0.2, 0.25) is 5.89 Å². The summed E-state index contributed by atoms with van der Waals surface area (Å²) in [6, 6.07) is 3.43. The fourth-order valence-corrected chi connectivity index (χ4v) is 2.62. The van der Waals surface area contributed by atoms with Crippen LogP contribution in [0.3, 0.4) is 0 Å². The van der Waals surface area contributed by atoms with Crippen molar-refractivity contribution in [1.82, 2.24) is 15.5 Å². The molecule has 3 rings (SSSR count). The molecule has 1 saturated carbocycles. The van der Waals surface area contributed by atoms with Crippen LogP contribution in [0.25, 0.3) is 0 Å². The second kappa shape index (κ2) is 5.30. The molecule has 0 saturated heterocycles. The van der Waals surface area contributed by atoms with Crippen LogP contribution in [0.15, 0.2) is 21.2 Å². The first kappa shape index (κ1) is 12.6. The maximum Gasteiger partial charge on any atom is 0.318 e. The maximum absolute atomic E-state index is 5.79. The van der Waals surface area contributed by atoms with Crippen LogP contribution in [0.4, 0.5) is 6.01 Å². The second-order valence-corrected chi connectivity index (χ2v) is 5.70. The largest absolute Gasteiger partial charge is 0.406 e. The fraction of sp³-hybridized carbons (Fsp3) is 0.538. The van der Waals surface area contributed by atoms with Gasteiger partial charge in [-0.2, -0.15) is 11.3 Å². The molecule has 0 spiro atoms. The van der Waals surface area contributed by atoms with Crippen molar-refractivity contribution < 1.29 is 4.42 Å². The Bertz CT molecular complexity index is 520. The lowest BCUT2D eigenvalue weighted by Gasteiger charge is -2.18. The molecular weight excluding hydrogens is 260 g/mol. The molecule has 2 aromatic heterocycles. The number of aromatic nitrogens is 2. The predicted octanol–water partition coefficient (Wildman–Crippen LogP) is 2.58. The Morgan fingerprint density at radius 2 is 2.37 bits per heavy atom. The van der Waals surface area contributed by atoms with Crippen LogP contribution in [-0.2, 0) is 6.54 Å². The van der Waals surface area contributed by atoms with Crippen molar-refractivity contribution in [1.29, 1.82) is 0 Å². The molecule has 2 heterocycles. The van der Waals surface area contributed by atoms with Gasteiger partial charge in [-0.05, 0) is 49.2 Å². The average Bonchev–Trinajstić information content (AvgIpc) is 2.94. The second-order valence-electron chi connectivity index (χ2n) is 4.92. The van der Waals surface area contributed by atoms with E-state index in [1.165, 1.54) is 18.4 Å². The van der Waals surface area contributed by atoms with Crippen molar-refractivity contribution >= 4 is 17.4 Å². The molecule has 0 amide bonds. The van der Waals surface area contributed by atoms with Gasteiger partial charge in [0.1, 0.15) is 0 Å². The van der Waals surface area contributed by atoms with E-state index in [2.05, 4.69) is 37.2 Å². The summed E-state index contributed by atoms with van der Waals surface area (Å²) < 4.78 is 5.79. The monoisotopic (exact) mass is 278 g/mol.